The van der Waals surface area contributed by atoms with Gasteiger partial charge in [0.15, 0.2) is 0 Å². The average molecular weight is 470 g/mol. The summed E-state index contributed by atoms with van der Waals surface area (Å²) in [6.45, 7) is 11.0. The van der Waals surface area contributed by atoms with Crippen LogP contribution in [-0.2, 0) is 16.7 Å². The molecule has 0 atom stereocenters. The molecule has 1 aromatic heterocycles. The molecule has 0 fully saturated rings. The molecule has 0 saturated carbocycles. The first-order valence-corrected chi connectivity index (χ1v) is 11.9. The smallest absolute Gasteiger partial charge is 0.343 e. The number of esters is 2. The molecule has 0 aliphatic heterocycles. The Morgan fingerprint density at radius 2 is 1.57 bits per heavy atom. The first-order valence-electron chi connectivity index (χ1n) is 11.9. The van der Waals surface area contributed by atoms with E-state index >= 15 is 0 Å². The molecule has 35 heavy (non-hydrogen) atoms. The van der Waals surface area contributed by atoms with Crippen molar-refractivity contribution in [1.82, 2.24) is 4.57 Å². The molecule has 0 aliphatic rings. The highest BCUT2D eigenvalue weighted by molar-refractivity contribution is 6.06. The van der Waals surface area contributed by atoms with Gasteiger partial charge in [0, 0.05) is 23.1 Å². The van der Waals surface area contributed by atoms with Gasteiger partial charge in [-0.05, 0) is 60.7 Å². The van der Waals surface area contributed by atoms with Gasteiger partial charge in [-0.15, -0.1) is 0 Å². The SMILES string of the molecule is CCOC(=O)c1c(C)n(Cc2ccccc2)c2ccc(OC(=O)c3ccc(C(C)(C)C)cc3)cc12. The number of nitrogens with zero attached hydrogens (tertiary/aromatic N) is 1. The Kier molecular flexibility index (Phi) is 6.79. The summed E-state index contributed by atoms with van der Waals surface area (Å²) in [5.74, 6) is -0.448. The summed E-state index contributed by atoms with van der Waals surface area (Å²) in [6.07, 6.45) is 0. The zero-order valence-electron chi connectivity index (χ0n) is 20.9. The van der Waals surface area contributed by atoms with E-state index in [0.29, 0.717) is 28.8 Å². The summed E-state index contributed by atoms with van der Waals surface area (Å²) >= 11 is 0. The third kappa shape index (κ3) is 5.14. The second-order valence-corrected chi connectivity index (χ2v) is 9.65. The van der Waals surface area contributed by atoms with Gasteiger partial charge in [0.05, 0.1) is 17.7 Å². The van der Waals surface area contributed by atoms with Gasteiger partial charge in [-0.2, -0.15) is 0 Å². The van der Waals surface area contributed by atoms with Crippen molar-refractivity contribution in [2.75, 3.05) is 6.61 Å². The molecule has 0 aliphatic carbocycles. The van der Waals surface area contributed by atoms with Crippen LogP contribution in [0.15, 0.2) is 72.8 Å². The number of hydrogen-bond donors (Lipinski definition) is 0. The molecule has 0 radical (unpaired) electrons. The Morgan fingerprint density at radius 3 is 2.20 bits per heavy atom. The van der Waals surface area contributed by atoms with Crippen molar-refractivity contribution in [3.63, 3.8) is 0 Å². The van der Waals surface area contributed by atoms with Crippen molar-refractivity contribution >= 4 is 22.8 Å². The Morgan fingerprint density at radius 1 is 0.886 bits per heavy atom. The summed E-state index contributed by atoms with van der Waals surface area (Å²) in [6, 6.07) is 22.9. The highest BCUT2D eigenvalue weighted by Gasteiger charge is 2.22. The number of aromatic nitrogens is 1. The largest absolute Gasteiger partial charge is 0.462 e. The van der Waals surface area contributed by atoms with Crippen LogP contribution in [0.4, 0.5) is 0 Å². The summed E-state index contributed by atoms with van der Waals surface area (Å²) in [5.41, 5.74) is 4.92. The molecule has 0 spiro atoms. The van der Waals surface area contributed by atoms with Crippen LogP contribution in [0, 0.1) is 6.92 Å². The number of rotatable bonds is 6. The second kappa shape index (κ2) is 9.79. The number of fused-ring (bicyclic) bond motifs is 1. The van der Waals surface area contributed by atoms with Crippen LogP contribution < -0.4 is 4.74 Å². The van der Waals surface area contributed by atoms with E-state index in [-0.39, 0.29) is 18.0 Å². The lowest BCUT2D eigenvalue weighted by Crippen LogP contribution is -2.13. The maximum atomic E-state index is 12.9. The Bertz CT molecular complexity index is 1360. The lowest BCUT2D eigenvalue weighted by molar-refractivity contribution is 0.0527. The van der Waals surface area contributed by atoms with Crippen molar-refractivity contribution in [3.8, 4) is 5.75 Å². The highest BCUT2D eigenvalue weighted by Crippen LogP contribution is 2.31. The van der Waals surface area contributed by atoms with Gasteiger partial charge in [-0.1, -0.05) is 63.2 Å². The predicted molar refractivity (Wildman–Crippen MR) is 138 cm³/mol. The molecule has 0 saturated heterocycles. The number of hydrogen-bond acceptors (Lipinski definition) is 4. The van der Waals surface area contributed by atoms with Crippen molar-refractivity contribution in [1.29, 1.82) is 0 Å². The Balaban J connectivity index is 1.69. The quantitative estimate of drug-likeness (QED) is 0.233. The highest BCUT2D eigenvalue weighted by atomic mass is 16.5. The molecular formula is C30H31NO4. The molecule has 0 unspecified atom stereocenters. The third-order valence-corrected chi connectivity index (χ3v) is 6.16. The van der Waals surface area contributed by atoms with E-state index in [0.717, 1.165) is 22.3 Å². The molecular weight excluding hydrogens is 438 g/mol. The van der Waals surface area contributed by atoms with E-state index in [1.165, 1.54) is 0 Å². The van der Waals surface area contributed by atoms with Crippen molar-refractivity contribution in [3.05, 3.63) is 101 Å². The van der Waals surface area contributed by atoms with E-state index in [2.05, 4.69) is 37.5 Å². The van der Waals surface area contributed by atoms with Crippen LogP contribution >= 0.6 is 0 Å². The summed E-state index contributed by atoms with van der Waals surface area (Å²) in [4.78, 5) is 25.7. The van der Waals surface area contributed by atoms with E-state index < -0.39 is 5.97 Å². The van der Waals surface area contributed by atoms with Crippen molar-refractivity contribution in [2.45, 2.75) is 46.6 Å². The number of carbonyl (C=O) groups is 2. The van der Waals surface area contributed by atoms with Crippen LogP contribution in [-0.4, -0.2) is 23.1 Å². The van der Waals surface area contributed by atoms with Gasteiger partial charge in [0.1, 0.15) is 5.75 Å². The lowest BCUT2D eigenvalue weighted by atomic mass is 9.87. The molecule has 0 N–H and O–H groups in total. The van der Waals surface area contributed by atoms with Gasteiger partial charge in [-0.3, -0.25) is 0 Å². The zero-order valence-corrected chi connectivity index (χ0v) is 20.9. The van der Waals surface area contributed by atoms with Crippen LogP contribution in [0.25, 0.3) is 10.9 Å². The Hall–Kier alpha value is -3.86. The fraction of sp³-hybridized carbons (Fsp3) is 0.267. The minimum absolute atomic E-state index is 0.00172. The summed E-state index contributed by atoms with van der Waals surface area (Å²) in [5, 5.41) is 0.699. The van der Waals surface area contributed by atoms with Crippen LogP contribution in [0.1, 0.15) is 65.2 Å². The van der Waals surface area contributed by atoms with Crippen LogP contribution in [0.3, 0.4) is 0 Å². The van der Waals surface area contributed by atoms with Crippen LogP contribution in [0.5, 0.6) is 5.75 Å². The minimum atomic E-state index is -0.442. The van der Waals surface area contributed by atoms with Crippen molar-refractivity contribution < 1.29 is 19.1 Å². The number of ether oxygens (including phenoxy) is 2. The van der Waals surface area contributed by atoms with E-state index in [9.17, 15) is 9.59 Å². The van der Waals surface area contributed by atoms with Crippen LogP contribution in [0.2, 0.25) is 0 Å². The van der Waals surface area contributed by atoms with Gasteiger partial charge < -0.3 is 14.0 Å². The number of benzene rings is 3. The monoisotopic (exact) mass is 469 g/mol. The third-order valence-electron chi connectivity index (χ3n) is 6.16. The maximum absolute atomic E-state index is 12.9. The Labute approximate surface area is 206 Å². The van der Waals surface area contributed by atoms with E-state index in [4.69, 9.17) is 9.47 Å². The zero-order chi connectivity index (χ0) is 25.2. The molecule has 4 rings (SSSR count). The van der Waals surface area contributed by atoms with E-state index in [1.54, 1.807) is 31.2 Å². The van der Waals surface area contributed by atoms with Gasteiger partial charge in [0.2, 0.25) is 0 Å². The molecule has 5 heteroatoms. The fourth-order valence-electron chi connectivity index (χ4n) is 4.23. The molecule has 0 bridgehead atoms. The molecule has 5 nitrogen and oxygen atoms in total. The van der Waals surface area contributed by atoms with Gasteiger partial charge >= 0.3 is 11.9 Å². The average Bonchev–Trinajstić information content (AvgIpc) is 3.10. The van der Waals surface area contributed by atoms with Crippen molar-refractivity contribution in [2.24, 2.45) is 0 Å². The standard InChI is InChI=1S/C30H31NO4/c1-6-34-29(33)27-20(2)31(19-21-10-8-7-9-11-21)26-17-16-24(18-25(26)27)35-28(32)22-12-14-23(15-13-22)30(3,4)5/h7-18H,6,19H2,1-5H3. The fourth-order valence-corrected chi connectivity index (χ4v) is 4.23. The predicted octanol–water partition coefficient (Wildman–Crippen LogP) is 6.69. The summed E-state index contributed by atoms with van der Waals surface area (Å²) < 4.78 is 13.1. The normalized spacial score (nSPS) is 11.5. The second-order valence-electron chi connectivity index (χ2n) is 9.65. The molecule has 1 heterocycles. The molecule has 4 aromatic rings. The molecule has 180 valence electrons. The minimum Gasteiger partial charge on any atom is -0.462 e. The summed E-state index contributed by atoms with van der Waals surface area (Å²) in [7, 11) is 0. The first-order chi connectivity index (χ1) is 16.7. The maximum Gasteiger partial charge on any atom is 0.343 e. The lowest BCUT2D eigenvalue weighted by Gasteiger charge is -2.18. The van der Waals surface area contributed by atoms with Gasteiger partial charge in [0.25, 0.3) is 0 Å². The molecule has 0 amide bonds. The topological polar surface area (TPSA) is 57.5 Å². The van der Waals surface area contributed by atoms with E-state index in [1.807, 2.05) is 43.3 Å². The number of carbonyl (C=O) groups excluding carboxylic acids is 2. The molecule has 3 aromatic carbocycles. The van der Waals surface area contributed by atoms with Gasteiger partial charge in [-0.25, -0.2) is 9.59 Å². The first kappa shape index (κ1) is 24.3.